The molecular formula is C28H44BNO8. The summed E-state index contributed by atoms with van der Waals surface area (Å²) >= 11 is 0. The molecule has 1 atom stereocenters. The SMILES string of the molecule is COC(=O)[C@H](Cc1cc(C)c(C)cc1B1OC(C)(C)C(C)(C)O1)N(C(=O)OC(C)(C)C)C(=O)OC(C)(C)C. The number of rotatable bonds is 5. The van der Waals surface area contributed by atoms with Gasteiger partial charge in [0.25, 0.3) is 0 Å². The van der Waals surface area contributed by atoms with Gasteiger partial charge in [-0.1, -0.05) is 12.1 Å². The van der Waals surface area contributed by atoms with E-state index in [0.717, 1.165) is 11.1 Å². The summed E-state index contributed by atoms with van der Waals surface area (Å²) in [4.78, 5) is 40.5. The zero-order valence-corrected chi connectivity index (χ0v) is 25.2. The Morgan fingerprint density at radius 1 is 0.868 bits per heavy atom. The van der Waals surface area contributed by atoms with Crippen LogP contribution in [-0.2, 0) is 34.7 Å². The number of carbonyl (C=O) groups is 3. The molecule has 38 heavy (non-hydrogen) atoms. The maximum absolute atomic E-state index is 13.3. The number of ether oxygens (including phenoxy) is 3. The summed E-state index contributed by atoms with van der Waals surface area (Å²) in [6.07, 6.45) is -2.09. The van der Waals surface area contributed by atoms with Gasteiger partial charge in [-0.15, -0.1) is 0 Å². The second-order valence-electron chi connectivity index (χ2n) is 12.8. The molecule has 0 unspecified atom stereocenters. The number of nitrogens with zero attached hydrogens (tertiary/aromatic N) is 1. The molecule has 212 valence electrons. The Bertz CT molecular complexity index is 1020. The number of benzene rings is 1. The molecule has 1 fully saturated rings. The van der Waals surface area contributed by atoms with Crippen LogP contribution in [0, 0.1) is 13.8 Å². The molecule has 0 bridgehead atoms. The Morgan fingerprint density at radius 2 is 1.29 bits per heavy atom. The number of aryl methyl sites for hydroxylation is 2. The second kappa shape index (κ2) is 10.9. The van der Waals surface area contributed by atoms with Gasteiger partial charge in [0.05, 0.1) is 18.3 Å². The van der Waals surface area contributed by atoms with E-state index in [1.54, 1.807) is 41.5 Å². The molecule has 1 aliphatic rings. The first kappa shape index (κ1) is 31.6. The van der Waals surface area contributed by atoms with Crippen molar-refractivity contribution in [1.82, 2.24) is 4.90 Å². The number of hydrogen-bond acceptors (Lipinski definition) is 8. The highest BCUT2D eigenvalue weighted by Gasteiger charge is 2.52. The minimum absolute atomic E-state index is 0.0638. The van der Waals surface area contributed by atoms with E-state index >= 15 is 0 Å². The van der Waals surface area contributed by atoms with Gasteiger partial charge in [0.2, 0.25) is 0 Å². The fourth-order valence-corrected chi connectivity index (χ4v) is 3.84. The average Bonchev–Trinajstić information content (AvgIpc) is 2.93. The minimum Gasteiger partial charge on any atom is -0.467 e. The topological polar surface area (TPSA) is 101 Å². The smallest absolute Gasteiger partial charge is 0.467 e. The van der Waals surface area contributed by atoms with Gasteiger partial charge >= 0.3 is 25.3 Å². The molecule has 1 aromatic rings. The standard InChI is InChI=1S/C28H44BNO8/c1-17-14-19(20(15-18(17)2)29-37-27(9,10)28(11,12)38-29)16-21(22(31)34-13)30(23(32)35-25(3,4)5)24(33)36-26(6,7)8/h14-15,21H,16H2,1-13H3/t21-/m0/s1. The van der Waals surface area contributed by atoms with Crippen molar-refractivity contribution < 1.29 is 37.9 Å². The molecule has 1 aromatic carbocycles. The van der Waals surface area contributed by atoms with Crippen molar-refractivity contribution in [1.29, 1.82) is 0 Å². The summed E-state index contributed by atoms with van der Waals surface area (Å²) in [5.74, 6) is -0.792. The number of methoxy groups -OCH3 is 1. The summed E-state index contributed by atoms with van der Waals surface area (Å²) in [6.45, 7) is 21.8. The molecule has 2 amide bonds. The number of imide groups is 1. The normalized spacial score (nSPS) is 17.6. The first-order valence-corrected chi connectivity index (χ1v) is 12.9. The van der Waals surface area contributed by atoms with E-state index in [0.29, 0.717) is 15.9 Å². The molecule has 0 aliphatic carbocycles. The van der Waals surface area contributed by atoms with E-state index in [-0.39, 0.29) is 6.42 Å². The Balaban J connectivity index is 2.63. The average molecular weight is 533 g/mol. The molecule has 0 saturated carbocycles. The fraction of sp³-hybridized carbons (Fsp3) is 0.679. The van der Waals surface area contributed by atoms with Crippen LogP contribution in [0.5, 0.6) is 0 Å². The maximum atomic E-state index is 13.3. The molecule has 0 aromatic heterocycles. The number of esters is 1. The Hall–Kier alpha value is -2.59. The summed E-state index contributed by atoms with van der Waals surface area (Å²) in [5.41, 5.74) is 0.309. The molecule has 1 aliphatic heterocycles. The van der Waals surface area contributed by atoms with E-state index in [1.807, 2.05) is 53.7 Å². The van der Waals surface area contributed by atoms with Gasteiger partial charge in [-0.3, -0.25) is 0 Å². The van der Waals surface area contributed by atoms with Crippen molar-refractivity contribution in [2.75, 3.05) is 7.11 Å². The van der Waals surface area contributed by atoms with Crippen LogP contribution >= 0.6 is 0 Å². The van der Waals surface area contributed by atoms with Gasteiger partial charge in [-0.05, 0) is 105 Å². The van der Waals surface area contributed by atoms with Crippen LogP contribution in [-0.4, -0.2) is 65.7 Å². The largest absolute Gasteiger partial charge is 0.495 e. The predicted octanol–water partition coefficient (Wildman–Crippen LogP) is 4.86. The van der Waals surface area contributed by atoms with Crippen LogP contribution in [0.2, 0.25) is 0 Å². The fourth-order valence-electron chi connectivity index (χ4n) is 3.84. The van der Waals surface area contributed by atoms with Crippen LogP contribution in [0.25, 0.3) is 0 Å². The third kappa shape index (κ3) is 7.50. The number of carbonyl (C=O) groups excluding carboxylic acids is 3. The quantitative estimate of drug-likeness (QED) is 0.301. The summed E-state index contributed by atoms with van der Waals surface area (Å²) < 4.78 is 28.7. The Morgan fingerprint density at radius 3 is 1.68 bits per heavy atom. The zero-order valence-electron chi connectivity index (χ0n) is 25.2. The third-order valence-corrected chi connectivity index (χ3v) is 6.64. The van der Waals surface area contributed by atoms with Gasteiger partial charge in [0.1, 0.15) is 17.2 Å². The van der Waals surface area contributed by atoms with Crippen LogP contribution in [0.15, 0.2) is 12.1 Å². The molecule has 9 nitrogen and oxygen atoms in total. The Labute approximate surface area is 227 Å². The van der Waals surface area contributed by atoms with E-state index in [1.165, 1.54) is 7.11 Å². The molecule has 10 heteroatoms. The molecule has 0 radical (unpaired) electrons. The lowest BCUT2D eigenvalue weighted by molar-refractivity contribution is -0.146. The van der Waals surface area contributed by atoms with Crippen molar-refractivity contribution in [3.63, 3.8) is 0 Å². The van der Waals surface area contributed by atoms with E-state index in [4.69, 9.17) is 23.5 Å². The Kier molecular flexibility index (Phi) is 9.06. The molecule has 2 rings (SSSR count). The molecule has 0 N–H and O–H groups in total. The first-order valence-electron chi connectivity index (χ1n) is 12.9. The highest BCUT2D eigenvalue weighted by Crippen LogP contribution is 2.37. The lowest BCUT2D eigenvalue weighted by Crippen LogP contribution is -2.53. The lowest BCUT2D eigenvalue weighted by atomic mass is 9.73. The number of hydrogen-bond donors (Lipinski definition) is 0. The van der Waals surface area contributed by atoms with Crippen LogP contribution < -0.4 is 5.46 Å². The van der Waals surface area contributed by atoms with Crippen LogP contribution in [0.4, 0.5) is 9.59 Å². The van der Waals surface area contributed by atoms with Crippen molar-refractivity contribution >= 4 is 30.7 Å². The molecular weight excluding hydrogens is 489 g/mol. The molecule has 1 saturated heterocycles. The number of amides is 2. The van der Waals surface area contributed by atoms with Gasteiger partial charge < -0.3 is 23.5 Å². The second-order valence-corrected chi connectivity index (χ2v) is 12.8. The molecule has 0 spiro atoms. The van der Waals surface area contributed by atoms with Crippen molar-refractivity contribution in [3.8, 4) is 0 Å². The highest BCUT2D eigenvalue weighted by atomic mass is 16.7. The van der Waals surface area contributed by atoms with Crippen LogP contribution in [0.1, 0.15) is 85.9 Å². The predicted molar refractivity (Wildman–Crippen MR) is 145 cm³/mol. The zero-order chi connectivity index (χ0) is 29.4. The monoisotopic (exact) mass is 533 g/mol. The highest BCUT2D eigenvalue weighted by molar-refractivity contribution is 6.62. The first-order chi connectivity index (χ1) is 17.1. The lowest BCUT2D eigenvalue weighted by Gasteiger charge is -2.32. The van der Waals surface area contributed by atoms with Crippen molar-refractivity contribution in [2.24, 2.45) is 0 Å². The van der Waals surface area contributed by atoms with E-state index < -0.39 is 53.7 Å². The molecule has 1 heterocycles. The summed E-state index contributed by atoms with van der Waals surface area (Å²) in [7, 11) is 0.483. The van der Waals surface area contributed by atoms with Crippen LogP contribution in [0.3, 0.4) is 0 Å². The van der Waals surface area contributed by atoms with E-state index in [2.05, 4.69) is 0 Å². The van der Waals surface area contributed by atoms with Gasteiger partial charge in [-0.25, -0.2) is 14.4 Å². The van der Waals surface area contributed by atoms with Gasteiger partial charge in [0.15, 0.2) is 0 Å². The van der Waals surface area contributed by atoms with Crippen molar-refractivity contribution in [2.45, 2.75) is 118 Å². The van der Waals surface area contributed by atoms with Crippen molar-refractivity contribution in [3.05, 3.63) is 28.8 Å². The summed E-state index contributed by atoms with van der Waals surface area (Å²) in [5, 5.41) is 0. The summed E-state index contributed by atoms with van der Waals surface area (Å²) in [6, 6.07) is 2.49. The maximum Gasteiger partial charge on any atom is 0.495 e. The minimum atomic E-state index is -1.37. The third-order valence-electron chi connectivity index (χ3n) is 6.64. The van der Waals surface area contributed by atoms with Gasteiger partial charge in [-0.2, -0.15) is 4.90 Å². The van der Waals surface area contributed by atoms with Gasteiger partial charge in [0, 0.05) is 6.42 Å². The van der Waals surface area contributed by atoms with E-state index in [9.17, 15) is 14.4 Å².